The SMILES string of the molecule is N#CC(C#N)=Cc1cn(CC(=O)N2CCCC2)c2ccccc12. The van der Waals surface area contributed by atoms with E-state index in [1.54, 1.807) is 6.08 Å². The molecule has 0 bridgehead atoms. The Morgan fingerprint density at radius 1 is 1.17 bits per heavy atom. The van der Waals surface area contributed by atoms with Crippen LogP contribution in [0.4, 0.5) is 0 Å². The first kappa shape index (κ1) is 14.9. The molecule has 1 aromatic heterocycles. The maximum atomic E-state index is 12.4. The van der Waals surface area contributed by atoms with E-state index in [2.05, 4.69) is 0 Å². The first-order valence-electron chi connectivity index (χ1n) is 7.60. The van der Waals surface area contributed by atoms with Gasteiger partial charge in [0.25, 0.3) is 0 Å². The van der Waals surface area contributed by atoms with Crippen LogP contribution in [0.1, 0.15) is 18.4 Å². The first-order chi connectivity index (χ1) is 11.2. The van der Waals surface area contributed by atoms with Crippen LogP contribution in [-0.4, -0.2) is 28.5 Å². The predicted octanol–water partition coefficient (Wildman–Crippen LogP) is 2.69. The summed E-state index contributed by atoms with van der Waals surface area (Å²) < 4.78 is 1.90. The summed E-state index contributed by atoms with van der Waals surface area (Å²) in [4.78, 5) is 14.3. The van der Waals surface area contributed by atoms with Crippen molar-refractivity contribution in [2.24, 2.45) is 0 Å². The summed E-state index contributed by atoms with van der Waals surface area (Å²) in [7, 11) is 0. The Morgan fingerprint density at radius 2 is 1.87 bits per heavy atom. The number of para-hydroxylation sites is 1. The van der Waals surface area contributed by atoms with Gasteiger partial charge in [0.2, 0.25) is 5.91 Å². The van der Waals surface area contributed by atoms with Gasteiger partial charge in [0.15, 0.2) is 0 Å². The number of fused-ring (bicyclic) bond motifs is 1. The Labute approximate surface area is 134 Å². The van der Waals surface area contributed by atoms with E-state index in [1.807, 2.05) is 52.1 Å². The molecule has 0 spiro atoms. The monoisotopic (exact) mass is 304 g/mol. The van der Waals surface area contributed by atoms with E-state index in [1.165, 1.54) is 0 Å². The number of nitrogens with zero attached hydrogens (tertiary/aromatic N) is 4. The third-order valence-corrected chi connectivity index (χ3v) is 4.12. The van der Waals surface area contributed by atoms with Crippen LogP contribution >= 0.6 is 0 Å². The molecule has 1 fully saturated rings. The van der Waals surface area contributed by atoms with Crippen molar-refractivity contribution in [3.8, 4) is 12.1 Å². The van der Waals surface area contributed by atoms with Gasteiger partial charge >= 0.3 is 0 Å². The third-order valence-electron chi connectivity index (χ3n) is 4.12. The number of rotatable bonds is 3. The Morgan fingerprint density at radius 3 is 2.57 bits per heavy atom. The number of allylic oxidation sites excluding steroid dienone is 1. The fourth-order valence-corrected chi connectivity index (χ4v) is 2.98. The van der Waals surface area contributed by atoms with Crippen LogP contribution in [0.5, 0.6) is 0 Å². The third kappa shape index (κ3) is 2.95. The highest BCUT2D eigenvalue weighted by molar-refractivity contribution is 5.92. The van der Waals surface area contributed by atoms with E-state index >= 15 is 0 Å². The van der Waals surface area contributed by atoms with Crippen molar-refractivity contribution in [2.45, 2.75) is 19.4 Å². The molecule has 0 radical (unpaired) electrons. The van der Waals surface area contributed by atoms with E-state index in [0.717, 1.165) is 42.4 Å². The predicted molar refractivity (Wildman–Crippen MR) is 87.0 cm³/mol. The molecule has 0 unspecified atom stereocenters. The number of nitriles is 2. The van der Waals surface area contributed by atoms with E-state index in [-0.39, 0.29) is 18.0 Å². The molecule has 0 atom stereocenters. The fourth-order valence-electron chi connectivity index (χ4n) is 2.98. The van der Waals surface area contributed by atoms with Gasteiger partial charge < -0.3 is 9.47 Å². The zero-order chi connectivity index (χ0) is 16.2. The standard InChI is InChI=1S/C18H16N4O/c19-10-14(11-20)9-15-12-22(17-6-2-1-5-16(15)17)13-18(23)21-7-3-4-8-21/h1-2,5-6,9,12H,3-4,7-8,13H2. The average Bonchev–Trinajstić information content (AvgIpc) is 3.22. The highest BCUT2D eigenvalue weighted by Gasteiger charge is 2.19. The second-order valence-electron chi connectivity index (χ2n) is 5.60. The van der Waals surface area contributed by atoms with Gasteiger partial charge in [0, 0.05) is 35.8 Å². The smallest absolute Gasteiger partial charge is 0.242 e. The highest BCUT2D eigenvalue weighted by Crippen LogP contribution is 2.24. The van der Waals surface area contributed by atoms with Crippen LogP contribution in [0, 0.1) is 22.7 Å². The van der Waals surface area contributed by atoms with Crippen molar-refractivity contribution in [1.82, 2.24) is 9.47 Å². The highest BCUT2D eigenvalue weighted by atomic mass is 16.2. The number of hydrogen-bond donors (Lipinski definition) is 0. The number of carbonyl (C=O) groups excluding carboxylic acids is 1. The lowest BCUT2D eigenvalue weighted by molar-refractivity contribution is -0.130. The molecule has 2 heterocycles. The lowest BCUT2D eigenvalue weighted by Gasteiger charge is -2.15. The number of benzene rings is 1. The molecule has 3 rings (SSSR count). The number of likely N-dealkylation sites (tertiary alicyclic amines) is 1. The van der Waals surface area contributed by atoms with Crippen molar-refractivity contribution < 1.29 is 4.79 Å². The Bertz CT molecular complexity index is 841. The van der Waals surface area contributed by atoms with Gasteiger partial charge in [-0.3, -0.25) is 4.79 Å². The van der Waals surface area contributed by atoms with Gasteiger partial charge in [-0.05, 0) is 25.0 Å². The molecule has 1 aliphatic heterocycles. The topological polar surface area (TPSA) is 72.8 Å². The summed E-state index contributed by atoms with van der Waals surface area (Å²) in [5, 5.41) is 18.8. The second-order valence-corrected chi connectivity index (χ2v) is 5.60. The molecule has 1 amide bonds. The molecule has 1 saturated heterocycles. The average molecular weight is 304 g/mol. The number of hydrogen-bond acceptors (Lipinski definition) is 3. The molecule has 5 nitrogen and oxygen atoms in total. The van der Waals surface area contributed by atoms with Gasteiger partial charge in [-0.2, -0.15) is 10.5 Å². The van der Waals surface area contributed by atoms with Crippen molar-refractivity contribution >= 4 is 22.9 Å². The maximum Gasteiger partial charge on any atom is 0.242 e. The van der Waals surface area contributed by atoms with Crippen molar-refractivity contribution in [3.05, 3.63) is 41.6 Å². The molecule has 1 aromatic carbocycles. The Balaban J connectivity index is 1.98. The molecule has 1 aliphatic rings. The summed E-state index contributed by atoms with van der Waals surface area (Å²) in [6.45, 7) is 1.94. The van der Waals surface area contributed by atoms with Crippen LogP contribution in [-0.2, 0) is 11.3 Å². The van der Waals surface area contributed by atoms with E-state index < -0.39 is 0 Å². The van der Waals surface area contributed by atoms with Gasteiger partial charge in [-0.15, -0.1) is 0 Å². The van der Waals surface area contributed by atoms with Crippen LogP contribution in [0.3, 0.4) is 0 Å². The number of aromatic nitrogens is 1. The molecule has 0 saturated carbocycles. The van der Waals surface area contributed by atoms with Gasteiger partial charge in [-0.1, -0.05) is 18.2 Å². The molecule has 23 heavy (non-hydrogen) atoms. The van der Waals surface area contributed by atoms with Crippen LogP contribution in [0.2, 0.25) is 0 Å². The summed E-state index contributed by atoms with van der Waals surface area (Å²) in [6.07, 6.45) is 5.55. The largest absolute Gasteiger partial charge is 0.341 e. The lowest BCUT2D eigenvalue weighted by atomic mass is 10.1. The van der Waals surface area contributed by atoms with E-state index in [9.17, 15) is 4.79 Å². The Kier molecular flexibility index (Phi) is 4.12. The molecule has 114 valence electrons. The Hall–Kier alpha value is -3.05. The van der Waals surface area contributed by atoms with E-state index in [0.29, 0.717) is 0 Å². The van der Waals surface area contributed by atoms with Gasteiger partial charge in [0.05, 0.1) is 0 Å². The minimum absolute atomic E-state index is 0.0544. The fraction of sp³-hybridized carbons (Fsp3) is 0.278. The van der Waals surface area contributed by atoms with Gasteiger partial charge in [-0.25, -0.2) is 0 Å². The van der Waals surface area contributed by atoms with Crippen LogP contribution < -0.4 is 0 Å². The summed E-state index contributed by atoms with van der Waals surface area (Å²) >= 11 is 0. The minimum Gasteiger partial charge on any atom is -0.341 e. The maximum absolute atomic E-state index is 12.4. The zero-order valence-electron chi connectivity index (χ0n) is 12.7. The molecule has 5 heteroatoms. The summed E-state index contributed by atoms with van der Waals surface area (Å²) in [5.41, 5.74) is 1.77. The zero-order valence-corrected chi connectivity index (χ0v) is 12.7. The second kappa shape index (κ2) is 6.37. The molecule has 0 N–H and O–H groups in total. The summed E-state index contributed by atoms with van der Waals surface area (Å²) in [5.74, 6) is 0.111. The quantitative estimate of drug-likeness (QED) is 0.818. The summed E-state index contributed by atoms with van der Waals surface area (Å²) in [6, 6.07) is 11.5. The lowest BCUT2D eigenvalue weighted by Crippen LogP contribution is -2.30. The first-order valence-corrected chi connectivity index (χ1v) is 7.60. The van der Waals surface area contributed by atoms with Crippen molar-refractivity contribution in [2.75, 3.05) is 13.1 Å². The minimum atomic E-state index is 0.0544. The number of amides is 1. The van der Waals surface area contributed by atoms with Crippen molar-refractivity contribution in [3.63, 3.8) is 0 Å². The van der Waals surface area contributed by atoms with Crippen LogP contribution in [0.25, 0.3) is 17.0 Å². The molecule has 0 aliphatic carbocycles. The van der Waals surface area contributed by atoms with E-state index in [4.69, 9.17) is 10.5 Å². The normalized spacial score (nSPS) is 13.6. The van der Waals surface area contributed by atoms with Gasteiger partial charge in [0.1, 0.15) is 24.3 Å². The van der Waals surface area contributed by atoms with Crippen LogP contribution in [0.15, 0.2) is 36.0 Å². The number of carbonyl (C=O) groups is 1. The molecule has 2 aromatic rings. The van der Waals surface area contributed by atoms with Crippen molar-refractivity contribution in [1.29, 1.82) is 10.5 Å². The molecular formula is C18H16N4O. The molecular weight excluding hydrogens is 288 g/mol.